The predicted octanol–water partition coefficient (Wildman–Crippen LogP) is 2.36. The highest BCUT2D eigenvalue weighted by Crippen LogP contribution is 2.19. The minimum atomic E-state index is 0.354. The normalized spacial score (nSPS) is 19.4. The van der Waals surface area contributed by atoms with Gasteiger partial charge < -0.3 is 10.1 Å². The molecule has 1 saturated carbocycles. The Balaban J connectivity index is 2.15. The van der Waals surface area contributed by atoms with Gasteiger partial charge in [-0.25, -0.2) is 0 Å². The molecule has 2 nitrogen and oxygen atoms in total. The number of nitrogens with one attached hydrogen (secondary N) is 1. The molecule has 1 atom stereocenters. The van der Waals surface area contributed by atoms with Crippen LogP contribution in [0.4, 0.5) is 0 Å². The molecule has 0 aromatic rings. The maximum Gasteiger partial charge on any atom is 0.0726 e. The monoisotopic (exact) mass is 197 g/mol. The Kier molecular flexibility index (Phi) is 5.20. The number of ether oxygens (including phenoxy) is 1. The van der Waals surface area contributed by atoms with Crippen LogP contribution in [0.1, 0.15) is 33.6 Å². The van der Waals surface area contributed by atoms with E-state index in [1.807, 2.05) is 13.0 Å². The third kappa shape index (κ3) is 4.77. The van der Waals surface area contributed by atoms with Gasteiger partial charge in [-0.1, -0.05) is 26.0 Å². The van der Waals surface area contributed by atoms with Gasteiger partial charge in [0.05, 0.1) is 12.7 Å². The van der Waals surface area contributed by atoms with Gasteiger partial charge >= 0.3 is 0 Å². The Morgan fingerprint density at radius 3 is 2.64 bits per heavy atom. The van der Waals surface area contributed by atoms with Crippen molar-refractivity contribution < 1.29 is 4.74 Å². The highest BCUT2D eigenvalue weighted by molar-refractivity contribution is 4.83. The molecule has 0 aromatic carbocycles. The van der Waals surface area contributed by atoms with Crippen LogP contribution < -0.4 is 5.32 Å². The fourth-order valence-electron chi connectivity index (χ4n) is 1.33. The maximum absolute atomic E-state index is 5.77. The summed E-state index contributed by atoms with van der Waals surface area (Å²) in [6.45, 7) is 8.20. The molecule has 0 amide bonds. The topological polar surface area (TPSA) is 21.3 Å². The molecule has 1 aliphatic rings. The zero-order valence-corrected chi connectivity index (χ0v) is 9.62. The zero-order valence-electron chi connectivity index (χ0n) is 9.62. The molecule has 14 heavy (non-hydrogen) atoms. The highest BCUT2D eigenvalue weighted by Gasteiger charge is 2.22. The summed E-state index contributed by atoms with van der Waals surface area (Å²) in [7, 11) is 0. The van der Waals surface area contributed by atoms with Crippen LogP contribution in [0.25, 0.3) is 0 Å². The molecule has 0 radical (unpaired) electrons. The number of allylic oxidation sites excluding steroid dienone is 1. The second kappa shape index (κ2) is 6.20. The Labute approximate surface area is 87.7 Å². The van der Waals surface area contributed by atoms with E-state index in [2.05, 4.69) is 25.2 Å². The minimum absolute atomic E-state index is 0.354. The molecule has 1 fully saturated rings. The van der Waals surface area contributed by atoms with Crippen LogP contribution in [-0.2, 0) is 4.74 Å². The molecular weight excluding hydrogens is 174 g/mol. The van der Waals surface area contributed by atoms with Crippen molar-refractivity contribution >= 4 is 0 Å². The maximum atomic E-state index is 5.77. The third-order valence-electron chi connectivity index (χ3n) is 2.57. The van der Waals surface area contributed by atoms with Gasteiger partial charge in [-0.3, -0.25) is 0 Å². The Bertz CT molecular complexity index is 173. The molecular formula is C12H23NO. The van der Waals surface area contributed by atoms with E-state index in [0.29, 0.717) is 12.0 Å². The standard InChI is InChI=1S/C12H23NO/c1-4-5-8-14-12(10(2)3)9-13-11-6-7-11/h4-5,10-13H,6-9H2,1-3H3. The van der Waals surface area contributed by atoms with Gasteiger partial charge in [-0.05, 0) is 25.7 Å². The quantitative estimate of drug-likeness (QED) is 0.633. The molecule has 1 unspecified atom stereocenters. The summed E-state index contributed by atoms with van der Waals surface area (Å²) in [5.41, 5.74) is 0. The number of hydrogen-bond acceptors (Lipinski definition) is 2. The van der Waals surface area contributed by atoms with E-state index in [1.165, 1.54) is 12.8 Å². The largest absolute Gasteiger partial charge is 0.373 e. The van der Waals surface area contributed by atoms with Crippen molar-refractivity contribution in [3.8, 4) is 0 Å². The molecule has 0 aliphatic heterocycles. The molecule has 82 valence electrons. The second-order valence-corrected chi connectivity index (χ2v) is 4.37. The first-order chi connectivity index (χ1) is 6.74. The van der Waals surface area contributed by atoms with Crippen LogP contribution in [0.5, 0.6) is 0 Å². The molecule has 0 saturated heterocycles. The van der Waals surface area contributed by atoms with Gasteiger partial charge in [0.25, 0.3) is 0 Å². The molecule has 0 heterocycles. The Hall–Kier alpha value is -0.340. The first kappa shape index (κ1) is 11.7. The highest BCUT2D eigenvalue weighted by atomic mass is 16.5. The van der Waals surface area contributed by atoms with Gasteiger partial charge in [0, 0.05) is 12.6 Å². The first-order valence-corrected chi connectivity index (χ1v) is 5.70. The van der Waals surface area contributed by atoms with E-state index >= 15 is 0 Å². The van der Waals surface area contributed by atoms with Gasteiger partial charge in [0.15, 0.2) is 0 Å². The SMILES string of the molecule is CC=CCOC(CNC1CC1)C(C)C. The molecule has 2 heteroatoms. The smallest absolute Gasteiger partial charge is 0.0726 e. The van der Waals surface area contributed by atoms with Gasteiger partial charge in [0.1, 0.15) is 0 Å². The van der Waals surface area contributed by atoms with Crippen molar-refractivity contribution in [1.82, 2.24) is 5.32 Å². The van der Waals surface area contributed by atoms with Crippen molar-refractivity contribution in [2.75, 3.05) is 13.2 Å². The molecule has 1 aliphatic carbocycles. The van der Waals surface area contributed by atoms with Crippen molar-refractivity contribution in [2.45, 2.75) is 45.8 Å². The Morgan fingerprint density at radius 2 is 2.14 bits per heavy atom. The van der Waals surface area contributed by atoms with Crippen LogP contribution in [-0.4, -0.2) is 25.3 Å². The summed E-state index contributed by atoms with van der Waals surface area (Å²) in [6, 6.07) is 0.779. The van der Waals surface area contributed by atoms with Crippen LogP contribution in [0.2, 0.25) is 0 Å². The number of rotatable bonds is 7. The molecule has 0 aromatic heterocycles. The lowest BCUT2D eigenvalue weighted by atomic mass is 10.1. The summed E-state index contributed by atoms with van der Waals surface area (Å²) >= 11 is 0. The molecule has 0 spiro atoms. The fourth-order valence-corrected chi connectivity index (χ4v) is 1.33. The van der Waals surface area contributed by atoms with Crippen molar-refractivity contribution in [1.29, 1.82) is 0 Å². The van der Waals surface area contributed by atoms with Gasteiger partial charge in [-0.2, -0.15) is 0 Å². The first-order valence-electron chi connectivity index (χ1n) is 5.70. The molecule has 0 bridgehead atoms. The van der Waals surface area contributed by atoms with E-state index in [4.69, 9.17) is 4.74 Å². The van der Waals surface area contributed by atoms with E-state index in [1.54, 1.807) is 0 Å². The van der Waals surface area contributed by atoms with Crippen molar-refractivity contribution in [3.63, 3.8) is 0 Å². The van der Waals surface area contributed by atoms with Crippen molar-refractivity contribution in [2.24, 2.45) is 5.92 Å². The second-order valence-electron chi connectivity index (χ2n) is 4.37. The summed E-state index contributed by atoms with van der Waals surface area (Å²) < 4.78 is 5.77. The summed E-state index contributed by atoms with van der Waals surface area (Å²) in [6.07, 6.45) is 7.14. The summed E-state index contributed by atoms with van der Waals surface area (Å²) in [4.78, 5) is 0. The summed E-state index contributed by atoms with van der Waals surface area (Å²) in [5, 5.41) is 3.52. The zero-order chi connectivity index (χ0) is 10.4. The average Bonchev–Trinajstić information content (AvgIpc) is 2.94. The lowest BCUT2D eigenvalue weighted by Crippen LogP contribution is -2.34. The predicted molar refractivity (Wildman–Crippen MR) is 60.4 cm³/mol. The van der Waals surface area contributed by atoms with Crippen LogP contribution in [0.3, 0.4) is 0 Å². The number of hydrogen-bond donors (Lipinski definition) is 1. The molecule has 1 N–H and O–H groups in total. The van der Waals surface area contributed by atoms with Gasteiger partial charge in [0.2, 0.25) is 0 Å². The Morgan fingerprint density at radius 1 is 1.43 bits per heavy atom. The third-order valence-corrected chi connectivity index (χ3v) is 2.57. The van der Waals surface area contributed by atoms with Gasteiger partial charge in [-0.15, -0.1) is 0 Å². The van der Waals surface area contributed by atoms with E-state index in [0.717, 1.165) is 19.2 Å². The average molecular weight is 197 g/mol. The van der Waals surface area contributed by atoms with Crippen LogP contribution >= 0.6 is 0 Å². The molecule has 1 rings (SSSR count). The van der Waals surface area contributed by atoms with Crippen LogP contribution in [0, 0.1) is 5.92 Å². The van der Waals surface area contributed by atoms with E-state index in [9.17, 15) is 0 Å². The minimum Gasteiger partial charge on any atom is -0.373 e. The lowest BCUT2D eigenvalue weighted by molar-refractivity contribution is 0.0404. The van der Waals surface area contributed by atoms with E-state index < -0.39 is 0 Å². The van der Waals surface area contributed by atoms with E-state index in [-0.39, 0.29) is 0 Å². The fraction of sp³-hybridized carbons (Fsp3) is 0.833. The van der Waals surface area contributed by atoms with Crippen molar-refractivity contribution in [3.05, 3.63) is 12.2 Å². The lowest BCUT2D eigenvalue weighted by Gasteiger charge is -2.21. The van der Waals surface area contributed by atoms with Crippen LogP contribution in [0.15, 0.2) is 12.2 Å². The summed E-state index contributed by atoms with van der Waals surface area (Å²) in [5.74, 6) is 0.589.